The smallest absolute Gasteiger partial charge is 0.0625 e. The Morgan fingerprint density at radius 1 is 1.50 bits per heavy atom. The fourth-order valence-corrected chi connectivity index (χ4v) is 5.15. The maximum Gasteiger partial charge on any atom is 0.0625 e. The molecule has 0 aliphatic carbocycles. The van der Waals surface area contributed by atoms with Gasteiger partial charge in [-0.2, -0.15) is 17.0 Å². The molecule has 0 saturated carbocycles. The van der Waals surface area contributed by atoms with E-state index < -0.39 is 0 Å². The highest BCUT2D eigenvalue weighted by molar-refractivity contribution is 9.10. The minimum atomic E-state index is 0.630. The number of rotatable bonds is 2. The second-order valence-corrected chi connectivity index (χ2v) is 6.29. The highest BCUT2D eigenvalue weighted by Crippen LogP contribution is 2.39. The number of nitrogens with zero attached hydrogens (tertiary/aromatic N) is 1. The Morgan fingerprint density at radius 3 is 3.07 bits per heavy atom. The second-order valence-electron chi connectivity index (χ2n) is 3.20. The first kappa shape index (κ1) is 10.5. The summed E-state index contributed by atoms with van der Waals surface area (Å²) in [5, 5.41) is 8.56. The van der Waals surface area contributed by atoms with Gasteiger partial charge in [-0.25, -0.2) is 0 Å². The van der Waals surface area contributed by atoms with E-state index >= 15 is 0 Å². The van der Waals surface area contributed by atoms with E-state index in [4.69, 9.17) is 5.26 Å². The van der Waals surface area contributed by atoms with Gasteiger partial charge in [0.05, 0.1) is 6.07 Å². The van der Waals surface area contributed by atoms with Crippen LogP contribution in [-0.2, 0) is 18.6 Å². The third-order valence-corrected chi connectivity index (χ3v) is 5.83. The second kappa shape index (κ2) is 4.69. The molecular formula is C10H10BrNS2. The molecule has 0 aromatic carbocycles. The first-order valence-electron chi connectivity index (χ1n) is 4.56. The molecule has 0 atom stereocenters. The first-order valence-corrected chi connectivity index (χ1v) is 7.33. The van der Waals surface area contributed by atoms with Crippen LogP contribution in [0.4, 0.5) is 0 Å². The van der Waals surface area contributed by atoms with Crippen molar-refractivity contribution in [2.45, 2.75) is 25.0 Å². The zero-order valence-electron chi connectivity index (χ0n) is 7.68. The van der Waals surface area contributed by atoms with Crippen LogP contribution in [0.5, 0.6) is 0 Å². The molecule has 0 spiro atoms. The molecule has 0 N–H and O–H groups in total. The molecule has 1 aliphatic rings. The lowest BCUT2D eigenvalue weighted by atomic mass is 10.2. The summed E-state index contributed by atoms with van der Waals surface area (Å²) in [6, 6.07) is 2.20. The Kier molecular flexibility index (Phi) is 3.53. The molecule has 2 rings (SSSR count). The van der Waals surface area contributed by atoms with Crippen LogP contribution in [0.2, 0.25) is 0 Å². The van der Waals surface area contributed by atoms with Crippen LogP contribution in [0, 0.1) is 11.3 Å². The van der Waals surface area contributed by atoms with Crippen molar-refractivity contribution in [1.29, 1.82) is 5.26 Å². The van der Waals surface area contributed by atoms with Crippen LogP contribution >= 0.6 is 39.0 Å². The number of thiophene rings is 1. The van der Waals surface area contributed by atoms with Crippen LogP contribution in [0.1, 0.15) is 21.7 Å². The summed E-state index contributed by atoms with van der Waals surface area (Å²) in [4.78, 5) is 2.89. The summed E-state index contributed by atoms with van der Waals surface area (Å²) in [5.74, 6) is 2.39. The lowest BCUT2D eigenvalue weighted by Gasteiger charge is -2.09. The van der Waals surface area contributed by atoms with Crippen molar-refractivity contribution in [3.8, 4) is 6.07 Å². The molecule has 0 saturated heterocycles. The molecule has 1 aromatic heterocycles. The number of aryl methyl sites for hydroxylation is 2. The average molecular weight is 288 g/mol. The maximum absolute atomic E-state index is 8.56. The van der Waals surface area contributed by atoms with Crippen LogP contribution in [-0.4, -0.2) is 5.75 Å². The number of hydrogen-bond acceptors (Lipinski definition) is 3. The minimum Gasteiger partial charge on any atom is -0.198 e. The Morgan fingerprint density at radius 2 is 2.36 bits per heavy atom. The molecule has 0 bridgehead atoms. The van der Waals surface area contributed by atoms with E-state index in [1.807, 2.05) is 23.1 Å². The van der Waals surface area contributed by atoms with Crippen molar-refractivity contribution < 1.29 is 0 Å². The van der Waals surface area contributed by atoms with Crippen molar-refractivity contribution in [2.75, 3.05) is 5.75 Å². The molecule has 74 valence electrons. The zero-order chi connectivity index (χ0) is 9.97. The molecule has 1 nitrogen and oxygen atoms in total. The summed E-state index contributed by atoms with van der Waals surface area (Å²) >= 11 is 7.55. The van der Waals surface area contributed by atoms with Gasteiger partial charge in [-0.1, -0.05) is 0 Å². The maximum atomic E-state index is 8.56. The van der Waals surface area contributed by atoms with E-state index in [9.17, 15) is 0 Å². The predicted octanol–water partition coefficient (Wildman–Crippen LogP) is 3.76. The van der Waals surface area contributed by atoms with Gasteiger partial charge in [0.15, 0.2) is 0 Å². The van der Waals surface area contributed by atoms with Crippen LogP contribution < -0.4 is 0 Å². The van der Waals surface area contributed by atoms with Gasteiger partial charge < -0.3 is 0 Å². The van der Waals surface area contributed by atoms with Gasteiger partial charge in [0.25, 0.3) is 0 Å². The van der Waals surface area contributed by atoms with Gasteiger partial charge in [0.1, 0.15) is 0 Å². The quantitative estimate of drug-likeness (QED) is 0.827. The fraction of sp³-hybridized carbons (Fsp3) is 0.500. The summed E-state index contributed by atoms with van der Waals surface area (Å²) < 4.78 is 1.28. The van der Waals surface area contributed by atoms with E-state index in [1.165, 1.54) is 32.0 Å². The van der Waals surface area contributed by atoms with Gasteiger partial charge in [0.2, 0.25) is 0 Å². The topological polar surface area (TPSA) is 23.8 Å². The van der Waals surface area contributed by atoms with Crippen LogP contribution in [0.3, 0.4) is 0 Å². The molecule has 0 unspecified atom stereocenters. The van der Waals surface area contributed by atoms with Crippen molar-refractivity contribution >= 4 is 39.0 Å². The number of hydrogen-bond donors (Lipinski definition) is 0. The average Bonchev–Trinajstić information content (AvgIpc) is 2.54. The number of fused-ring (bicyclic) bond motifs is 1. The van der Waals surface area contributed by atoms with E-state index in [0.717, 1.165) is 12.2 Å². The first-order chi connectivity index (χ1) is 6.83. The molecule has 4 heteroatoms. The lowest BCUT2D eigenvalue weighted by Crippen LogP contribution is -1.97. The minimum absolute atomic E-state index is 0.630. The summed E-state index contributed by atoms with van der Waals surface area (Å²) in [7, 11) is 0. The molecule has 0 amide bonds. The molecule has 0 fully saturated rings. The standard InChI is InChI=1S/C10H10BrNS2/c11-10-7-6-13-5-3-8(7)14-9(10)2-1-4-12/h1-3,5-6H2. The third kappa shape index (κ3) is 2.00. The summed E-state index contributed by atoms with van der Waals surface area (Å²) in [6.07, 6.45) is 2.74. The molecule has 14 heavy (non-hydrogen) atoms. The van der Waals surface area contributed by atoms with Crippen LogP contribution in [0.25, 0.3) is 0 Å². The monoisotopic (exact) mass is 287 g/mol. The molecule has 2 heterocycles. The third-order valence-electron chi connectivity index (χ3n) is 2.28. The van der Waals surface area contributed by atoms with Crippen molar-refractivity contribution in [1.82, 2.24) is 0 Å². The number of halogens is 1. The predicted molar refractivity (Wildman–Crippen MR) is 65.8 cm³/mol. The van der Waals surface area contributed by atoms with E-state index in [2.05, 4.69) is 22.0 Å². The fourth-order valence-electron chi connectivity index (χ4n) is 1.56. The van der Waals surface area contributed by atoms with Crippen molar-refractivity contribution in [2.24, 2.45) is 0 Å². The summed E-state index contributed by atoms with van der Waals surface area (Å²) in [5.41, 5.74) is 1.49. The van der Waals surface area contributed by atoms with Gasteiger partial charge in [0, 0.05) is 26.4 Å². The van der Waals surface area contributed by atoms with Crippen molar-refractivity contribution in [3.63, 3.8) is 0 Å². The van der Waals surface area contributed by atoms with E-state index in [0.29, 0.717) is 6.42 Å². The lowest BCUT2D eigenvalue weighted by molar-refractivity contribution is 1.03. The Balaban J connectivity index is 2.25. The molecule has 1 aliphatic heterocycles. The molecular weight excluding hydrogens is 278 g/mol. The summed E-state index contributed by atoms with van der Waals surface area (Å²) in [6.45, 7) is 0. The van der Waals surface area contributed by atoms with E-state index in [-0.39, 0.29) is 0 Å². The van der Waals surface area contributed by atoms with Gasteiger partial charge >= 0.3 is 0 Å². The Labute approximate surface area is 101 Å². The number of thioether (sulfide) groups is 1. The highest BCUT2D eigenvalue weighted by Gasteiger charge is 2.18. The SMILES string of the molecule is N#CCCc1sc2c(c1Br)CSCC2. The molecule has 1 aromatic rings. The van der Waals surface area contributed by atoms with Crippen LogP contribution in [0.15, 0.2) is 4.47 Å². The number of nitriles is 1. The Hall–Kier alpha value is 0.0200. The Bertz CT molecular complexity index is 378. The zero-order valence-corrected chi connectivity index (χ0v) is 10.9. The van der Waals surface area contributed by atoms with Crippen molar-refractivity contribution in [3.05, 3.63) is 19.8 Å². The molecule has 0 radical (unpaired) electrons. The highest BCUT2D eigenvalue weighted by atomic mass is 79.9. The van der Waals surface area contributed by atoms with E-state index in [1.54, 1.807) is 0 Å². The normalized spacial score (nSPS) is 14.9. The van der Waals surface area contributed by atoms with Gasteiger partial charge in [-0.05, 0) is 40.1 Å². The van der Waals surface area contributed by atoms with Gasteiger partial charge in [-0.15, -0.1) is 11.3 Å². The largest absolute Gasteiger partial charge is 0.198 e. The van der Waals surface area contributed by atoms with Gasteiger partial charge in [-0.3, -0.25) is 0 Å².